The van der Waals surface area contributed by atoms with Crippen molar-refractivity contribution in [3.05, 3.63) is 40.9 Å². The lowest BCUT2D eigenvalue weighted by Crippen LogP contribution is -2.10. The Labute approximate surface area is 126 Å². The quantitative estimate of drug-likeness (QED) is 0.782. The van der Waals surface area contributed by atoms with Crippen molar-refractivity contribution < 1.29 is 9.13 Å². The van der Waals surface area contributed by atoms with Crippen LogP contribution < -0.4 is 5.32 Å². The third-order valence-corrected chi connectivity index (χ3v) is 3.26. The van der Waals surface area contributed by atoms with Gasteiger partial charge in [-0.1, -0.05) is 15.9 Å². The molecule has 0 spiro atoms. The van der Waals surface area contributed by atoms with E-state index in [1.165, 1.54) is 6.07 Å². The van der Waals surface area contributed by atoms with E-state index in [0.29, 0.717) is 22.7 Å². The number of halogens is 2. The lowest BCUT2D eigenvalue weighted by molar-refractivity contribution is 0.147. The molecule has 0 radical (unpaired) electrons. The van der Waals surface area contributed by atoms with Crippen LogP contribution in [-0.4, -0.2) is 29.3 Å². The molecule has 4 nitrogen and oxygen atoms in total. The Morgan fingerprint density at radius 2 is 2.30 bits per heavy atom. The van der Waals surface area contributed by atoms with Crippen molar-refractivity contribution in [3.63, 3.8) is 0 Å². The number of benzene rings is 1. The van der Waals surface area contributed by atoms with Crippen molar-refractivity contribution in [2.45, 2.75) is 13.3 Å². The van der Waals surface area contributed by atoms with Gasteiger partial charge >= 0.3 is 0 Å². The van der Waals surface area contributed by atoms with Gasteiger partial charge in [0, 0.05) is 36.6 Å². The van der Waals surface area contributed by atoms with E-state index in [1.54, 1.807) is 29.1 Å². The summed E-state index contributed by atoms with van der Waals surface area (Å²) >= 11 is 3.25. The minimum Gasteiger partial charge on any atom is -0.382 e. The summed E-state index contributed by atoms with van der Waals surface area (Å²) in [5.74, 6) is 0.331. The standard InChI is InChI=1S/C14H17BrFN3O/c1-2-20-9-3-6-17-14-18-7-8-19(14)13-5-4-11(15)10-12(13)16/h4-5,7-8,10H,2-3,6,9H2,1H3,(H,17,18). The van der Waals surface area contributed by atoms with Crippen molar-refractivity contribution in [3.8, 4) is 5.69 Å². The number of anilines is 1. The van der Waals surface area contributed by atoms with Gasteiger partial charge in [0.2, 0.25) is 5.95 Å². The molecule has 108 valence electrons. The largest absolute Gasteiger partial charge is 0.382 e. The molecule has 0 aliphatic heterocycles. The Kier molecular flexibility index (Phi) is 5.55. The van der Waals surface area contributed by atoms with Crippen LogP contribution in [0.1, 0.15) is 13.3 Å². The first-order valence-corrected chi connectivity index (χ1v) is 7.32. The fraction of sp³-hybridized carbons (Fsp3) is 0.357. The highest BCUT2D eigenvalue weighted by atomic mass is 79.9. The summed E-state index contributed by atoms with van der Waals surface area (Å²) < 4.78 is 21.6. The Balaban J connectivity index is 2.04. The van der Waals surface area contributed by atoms with Crippen molar-refractivity contribution in [2.75, 3.05) is 25.1 Å². The molecule has 2 aromatic rings. The van der Waals surface area contributed by atoms with E-state index in [-0.39, 0.29) is 5.82 Å². The third kappa shape index (κ3) is 3.80. The Bertz CT molecular complexity index is 559. The summed E-state index contributed by atoms with van der Waals surface area (Å²) in [5.41, 5.74) is 0.470. The Morgan fingerprint density at radius 3 is 3.05 bits per heavy atom. The van der Waals surface area contributed by atoms with Gasteiger partial charge in [0.05, 0.1) is 5.69 Å². The van der Waals surface area contributed by atoms with Crippen LogP contribution in [-0.2, 0) is 4.74 Å². The number of hydrogen-bond acceptors (Lipinski definition) is 3. The second-order valence-corrected chi connectivity index (χ2v) is 5.11. The topological polar surface area (TPSA) is 39.1 Å². The molecule has 0 saturated heterocycles. The smallest absolute Gasteiger partial charge is 0.207 e. The first-order valence-electron chi connectivity index (χ1n) is 6.52. The zero-order chi connectivity index (χ0) is 14.4. The normalized spacial score (nSPS) is 10.8. The van der Waals surface area contributed by atoms with Gasteiger partial charge in [0.15, 0.2) is 0 Å². The zero-order valence-corrected chi connectivity index (χ0v) is 12.9. The first kappa shape index (κ1) is 15.0. The fourth-order valence-electron chi connectivity index (χ4n) is 1.82. The van der Waals surface area contributed by atoms with Crippen LogP contribution in [0.3, 0.4) is 0 Å². The second kappa shape index (κ2) is 7.40. The van der Waals surface area contributed by atoms with E-state index in [4.69, 9.17) is 4.74 Å². The molecule has 0 atom stereocenters. The van der Waals surface area contributed by atoms with Crippen LogP contribution in [0.15, 0.2) is 35.1 Å². The highest BCUT2D eigenvalue weighted by Gasteiger charge is 2.09. The van der Waals surface area contributed by atoms with Gasteiger partial charge in [0.1, 0.15) is 5.82 Å². The van der Waals surface area contributed by atoms with Gasteiger partial charge in [-0.25, -0.2) is 9.37 Å². The molecule has 0 aliphatic carbocycles. The molecule has 0 bridgehead atoms. The number of aromatic nitrogens is 2. The van der Waals surface area contributed by atoms with Crippen LogP contribution in [0, 0.1) is 5.82 Å². The van der Waals surface area contributed by atoms with E-state index < -0.39 is 0 Å². The molecule has 0 amide bonds. The van der Waals surface area contributed by atoms with Crippen LogP contribution in [0.25, 0.3) is 5.69 Å². The highest BCUT2D eigenvalue weighted by Crippen LogP contribution is 2.21. The zero-order valence-electron chi connectivity index (χ0n) is 11.3. The molecule has 20 heavy (non-hydrogen) atoms. The molecule has 1 aromatic carbocycles. The molecule has 1 N–H and O–H groups in total. The highest BCUT2D eigenvalue weighted by molar-refractivity contribution is 9.10. The van der Waals surface area contributed by atoms with E-state index in [0.717, 1.165) is 19.6 Å². The maximum absolute atomic E-state index is 14.0. The van der Waals surface area contributed by atoms with Gasteiger partial charge in [0.25, 0.3) is 0 Å². The second-order valence-electron chi connectivity index (χ2n) is 4.19. The first-order chi connectivity index (χ1) is 9.72. The minimum atomic E-state index is -0.297. The summed E-state index contributed by atoms with van der Waals surface area (Å²) in [6.45, 7) is 4.13. The molecule has 2 rings (SSSR count). The van der Waals surface area contributed by atoms with Gasteiger partial charge < -0.3 is 10.1 Å². The van der Waals surface area contributed by atoms with Gasteiger partial charge in [-0.2, -0.15) is 0 Å². The maximum atomic E-state index is 14.0. The predicted molar refractivity (Wildman–Crippen MR) is 80.8 cm³/mol. The number of rotatable bonds is 7. The summed E-state index contributed by atoms with van der Waals surface area (Å²) in [6, 6.07) is 4.96. The van der Waals surface area contributed by atoms with Crippen LogP contribution >= 0.6 is 15.9 Å². The van der Waals surface area contributed by atoms with Crippen LogP contribution in [0.2, 0.25) is 0 Å². The average Bonchev–Trinajstić information content (AvgIpc) is 2.87. The maximum Gasteiger partial charge on any atom is 0.207 e. The fourth-order valence-corrected chi connectivity index (χ4v) is 2.16. The molecule has 0 saturated carbocycles. The molecular weight excluding hydrogens is 325 g/mol. The summed E-state index contributed by atoms with van der Waals surface area (Å²) in [4.78, 5) is 4.21. The van der Waals surface area contributed by atoms with Crippen molar-refractivity contribution in [1.82, 2.24) is 9.55 Å². The SMILES string of the molecule is CCOCCCNc1nccn1-c1ccc(Br)cc1F. The minimum absolute atomic E-state index is 0.297. The number of ether oxygens (including phenoxy) is 1. The number of nitrogens with one attached hydrogen (secondary N) is 1. The van der Waals surface area contributed by atoms with Gasteiger partial charge in [-0.15, -0.1) is 0 Å². The Hall–Kier alpha value is -1.40. The monoisotopic (exact) mass is 341 g/mol. The molecule has 6 heteroatoms. The summed E-state index contributed by atoms with van der Waals surface area (Å²) in [6.07, 6.45) is 4.26. The third-order valence-electron chi connectivity index (χ3n) is 2.76. The van der Waals surface area contributed by atoms with Crippen molar-refractivity contribution in [2.24, 2.45) is 0 Å². The van der Waals surface area contributed by atoms with Crippen LogP contribution in [0.5, 0.6) is 0 Å². The summed E-state index contributed by atoms with van der Waals surface area (Å²) in [5, 5.41) is 3.19. The van der Waals surface area contributed by atoms with E-state index in [1.807, 2.05) is 6.92 Å². The molecular formula is C14H17BrFN3O. The molecule has 1 aromatic heterocycles. The molecule has 1 heterocycles. The summed E-state index contributed by atoms with van der Waals surface area (Å²) in [7, 11) is 0. The van der Waals surface area contributed by atoms with E-state index in [2.05, 4.69) is 26.2 Å². The molecule has 0 fully saturated rings. The molecule has 0 unspecified atom stereocenters. The van der Waals surface area contributed by atoms with Gasteiger partial charge in [-0.3, -0.25) is 4.57 Å². The van der Waals surface area contributed by atoms with Gasteiger partial charge in [-0.05, 0) is 31.5 Å². The van der Waals surface area contributed by atoms with Crippen molar-refractivity contribution >= 4 is 21.9 Å². The lowest BCUT2D eigenvalue weighted by Gasteiger charge is -2.11. The van der Waals surface area contributed by atoms with Crippen molar-refractivity contribution in [1.29, 1.82) is 0 Å². The van der Waals surface area contributed by atoms with Crippen LogP contribution in [0.4, 0.5) is 10.3 Å². The molecule has 0 aliphatic rings. The number of imidazole rings is 1. The van der Waals surface area contributed by atoms with E-state index >= 15 is 0 Å². The Morgan fingerprint density at radius 1 is 1.45 bits per heavy atom. The average molecular weight is 342 g/mol. The predicted octanol–water partition coefficient (Wildman–Crippen LogP) is 3.61. The van der Waals surface area contributed by atoms with E-state index in [9.17, 15) is 4.39 Å². The number of nitrogens with zero attached hydrogens (tertiary/aromatic N) is 2. The number of hydrogen-bond donors (Lipinski definition) is 1. The lowest BCUT2D eigenvalue weighted by atomic mass is 10.3.